The first kappa shape index (κ1) is 13.3. The standard InChI is InChI=1S/C15H19ClFNO/c1-2-18-15(11-5-3-9(16)7-13(11)17)12-8-10-4-6-14(12)19-10/h3,5,7,10,12,14-15,18H,2,4,6,8H2,1H3. The molecule has 4 unspecified atom stereocenters. The molecule has 1 N–H and O–H groups in total. The molecule has 2 saturated heterocycles. The van der Waals surface area contributed by atoms with E-state index in [4.69, 9.17) is 16.3 Å². The molecule has 2 fully saturated rings. The normalized spacial score (nSPS) is 30.8. The van der Waals surface area contributed by atoms with Crippen molar-refractivity contribution in [3.63, 3.8) is 0 Å². The maximum absolute atomic E-state index is 14.2. The lowest BCUT2D eigenvalue weighted by atomic mass is 9.81. The van der Waals surface area contributed by atoms with Gasteiger partial charge in [-0.2, -0.15) is 0 Å². The van der Waals surface area contributed by atoms with Gasteiger partial charge in [-0.15, -0.1) is 0 Å². The Kier molecular flexibility index (Phi) is 3.79. The van der Waals surface area contributed by atoms with Crippen LogP contribution in [0.25, 0.3) is 0 Å². The molecule has 2 aliphatic heterocycles. The molecule has 3 rings (SSSR count). The van der Waals surface area contributed by atoms with Crippen LogP contribution in [0, 0.1) is 11.7 Å². The number of nitrogens with one attached hydrogen (secondary N) is 1. The molecule has 0 spiro atoms. The van der Waals surface area contributed by atoms with E-state index in [-0.39, 0.29) is 18.0 Å². The number of benzene rings is 1. The molecule has 104 valence electrons. The number of fused-ring (bicyclic) bond motifs is 2. The molecule has 0 radical (unpaired) electrons. The van der Waals surface area contributed by atoms with E-state index >= 15 is 0 Å². The second kappa shape index (κ2) is 5.39. The molecule has 2 aliphatic rings. The quantitative estimate of drug-likeness (QED) is 0.910. The van der Waals surface area contributed by atoms with E-state index < -0.39 is 0 Å². The van der Waals surface area contributed by atoms with Crippen molar-refractivity contribution in [3.05, 3.63) is 34.6 Å². The molecule has 0 aliphatic carbocycles. The summed E-state index contributed by atoms with van der Waals surface area (Å²) in [4.78, 5) is 0. The topological polar surface area (TPSA) is 21.3 Å². The van der Waals surface area contributed by atoms with Crippen LogP contribution in [-0.2, 0) is 4.74 Å². The van der Waals surface area contributed by atoms with Gasteiger partial charge in [0.15, 0.2) is 0 Å². The largest absolute Gasteiger partial charge is 0.375 e. The van der Waals surface area contributed by atoms with Crippen molar-refractivity contribution < 1.29 is 9.13 Å². The fraction of sp³-hybridized carbons (Fsp3) is 0.600. The summed E-state index contributed by atoms with van der Waals surface area (Å²) < 4.78 is 20.1. The highest BCUT2D eigenvalue weighted by Gasteiger charge is 2.45. The average Bonchev–Trinajstić information content (AvgIpc) is 2.99. The molecule has 0 amide bonds. The first-order chi connectivity index (χ1) is 9.19. The maximum atomic E-state index is 14.2. The molecule has 4 atom stereocenters. The zero-order valence-electron chi connectivity index (χ0n) is 11.0. The highest BCUT2D eigenvalue weighted by molar-refractivity contribution is 6.30. The van der Waals surface area contributed by atoms with Crippen LogP contribution in [0.5, 0.6) is 0 Å². The highest BCUT2D eigenvalue weighted by atomic mass is 35.5. The minimum absolute atomic E-state index is 0.0255. The lowest BCUT2D eigenvalue weighted by Gasteiger charge is -2.29. The molecule has 1 aromatic carbocycles. The molecular formula is C15H19ClFNO. The van der Waals surface area contributed by atoms with Crippen molar-refractivity contribution in [2.45, 2.75) is 44.4 Å². The number of halogens is 2. The van der Waals surface area contributed by atoms with Gasteiger partial charge >= 0.3 is 0 Å². The number of hydrogen-bond donors (Lipinski definition) is 1. The predicted molar refractivity (Wildman–Crippen MR) is 73.8 cm³/mol. The third-order valence-corrected chi connectivity index (χ3v) is 4.54. The van der Waals surface area contributed by atoms with Gasteiger partial charge in [-0.25, -0.2) is 4.39 Å². The molecule has 19 heavy (non-hydrogen) atoms. The third kappa shape index (κ3) is 2.51. The van der Waals surface area contributed by atoms with E-state index in [1.807, 2.05) is 0 Å². The fourth-order valence-corrected chi connectivity index (χ4v) is 3.65. The van der Waals surface area contributed by atoms with E-state index in [0.717, 1.165) is 25.8 Å². The molecule has 0 aromatic heterocycles. The van der Waals surface area contributed by atoms with E-state index in [1.54, 1.807) is 12.1 Å². The zero-order chi connectivity index (χ0) is 13.4. The van der Waals surface area contributed by atoms with Crippen LogP contribution in [0.2, 0.25) is 5.02 Å². The second-order valence-electron chi connectivity index (χ2n) is 5.47. The Bertz CT molecular complexity index is 467. The Morgan fingerprint density at radius 3 is 2.89 bits per heavy atom. The van der Waals surface area contributed by atoms with Gasteiger partial charge in [-0.1, -0.05) is 24.6 Å². The van der Waals surface area contributed by atoms with Crippen molar-refractivity contribution in [1.29, 1.82) is 0 Å². The van der Waals surface area contributed by atoms with Crippen LogP contribution in [0.1, 0.15) is 37.8 Å². The summed E-state index contributed by atoms with van der Waals surface area (Å²) in [5, 5.41) is 3.87. The molecule has 4 heteroatoms. The van der Waals surface area contributed by atoms with E-state index in [1.165, 1.54) is 6.07 Å². The minimum Gasteiger partial charge on any atom is -0.375 e. The zero-order valence-corrected chi connectivity index (χ0v) is 11.8. The van der Waals surface area contributed by atoms with Gasteiger partial charge in [0, 0.05) is 22.5 Å². The summed E-state index contributed by atoms with van der Waals surface area (Å²) >= 11 is 5.84. The highest BCUT2D eigenvalue weighted by Crippen LogP contribution is 2.45. The molecule has 2 bridgehead atoms. The van der Waals surface area contributed by atoms with Crippen molar-refractivity contribution in [2.24, 2.45) is 5.92 Å². The number of ether oxygens (including phenoxy) is 1. The fourth-order valence-electron chi connectivity index (χ4n) is 3.49. The van der Waals surface area contributed by atoms with Crippen molar-refractivity contribution >= 4 is 11.6 Å². The summed E-state index contributed by atoms with van der Waals surface area (Å²) in [5.41, 5.74) is 0.715. The summed E-state index contributed by atoms with van der Waals surface area (Å²) in [5.74, 6) is 0.149. The van der Waals surface area contributed by atoms with Gasteiger partial charge < -0.3 is 10.1 Å². The Morgan fingerprint density at radius 2 is 2.32 bits per heavy atom. The molecular weight excluding hydrogens is 265 g/mol. The summed E-state index contributed by atoms with van der Waals surface area (Å²) in [7, 11) is 0. The molecule has 2 heterocycles. The maximum Gasteiger partial charge on any atom is 0.129 e. The first-order valence-electron chi connectivity index (χ1n) is 7.03. The Hall–Kier alpha value is -0.640. The van der Waals surface area contributed by atoms with E-state index in [2.05, 4.69) is 12.2 Å². The summed E-state index contributed by atoms with van der Waals surface area (Å²) in [6, 6.07) is 4.99. The summed E-state index contributed by atoms with van der Waals surface area (Å²) in [6.07, 6.45) is 3.95. The second-order valence-corrected chi connectivity index (χ2v) is 5.91. The smallest absolute Gasteiger partial charge is 0.129 e. The van der Waals surface area contributed by atoms with Crippen LogP contribution in [0.3, 0.4) is 0 Å². The number of rotatable bonds is 4. The van der Waals surface area contributed by atoms with Crippen LogP contribution in [-0.4, -0.2) is 18.8 Å². The van der Waals surface area contributed by atoms with Gasteiger partial charge in [0.1, 0.15) is 5.82 Å². The average molecular weight is 284 g/mol. The lowest BCUT2D eigenvalue weighted by Crippen LogP contribution is -2.34. The van der Waals surface area contributed by atoms with Gasteiger partial charge in [0.25, 0.3) is 0 Å². The van der Waals surface area contributed by atoms with E-state index in [9.17, 15) is 4.39 Å². The van der Waals surface area contributed by atoms with Crippen LogP contribution < -0.4 is 5.32 Å². The number of hydrogen-bond acceptors (Lipinski definition) is 2. The van der Waals surface area contributed by atoms with Crippen LogP contribution in [0.15, 0.2) is 18.2 Å². The van der Waals surface area contributed by atoms with Crippen molar-refractivity contribution in [1.82, 2.24) is 5.32 Å². The summed E-state index contributed by atoms with van der Waals surface area (Å²) in [6.45, 7) is 2.87. The monoisotopic (exact) mass is 283 g/mol. The molecule has 1 aromatic rings. The minimum atomic E-state index is -0.221. The first-order valence-corrected chi connectivity index (χ1v) is 7.40. The Balaban J connectivity index is 1.88. The van der Waals surface area contributed by atoms with Crippen LogP contribution >= 0.6 is 11.6 Å². The van der Waals surface area contributed by atoms with Crippen LogP contribution in [0.4, 0.5) is 4.39 Å². The van der Waals surface area contributed by atoms with Gasteiger partial charge in [-0.05, 0) is 37.9 Å². The van der Waals surface area contributed by atoms with Gasteiger partial charge in [0.2, 0.25) is 0 Å². The third-order valence-electron chi connectivity index (χ3n) is 4.30. The Morgan fingerprint density at radius 1 is 1.47 bits per heavy atom. The van der Waals surface area contributed by atoms with Gasteiger partial charge in [-0.3, -0.25) is 0 Å². The SMILES string of the molecule is CCNC(c1ccc(Cl)cc1F)C1CC2CCC1O2. The predicted octanol–water partition coefficient (Wildman–Crippen LogP) is 3.70. The Labute approximate surface area is 118 Å². The van der Waals surface area contributed by atoms with E-state index in [0.29, 0.717) is 22.6 Å². The molecule has 2 nitrogen and oxygen atoms in total. The lowest BCUT2D eigenvalue weighted by molar-refractivity contribution is 0.0855. The van der Waals surface area contributed by atoms with Crippen molar-refractivity contribution in [3.8, 4) is 0 Å². The van der Waals surface area contributed by atoms with Crippen molar-refractivity contribution in [2.75, 3.05) is 6.54 Å². The van der Waals surface area contributed by atoms with Gasteiger partial charge in [0.05, 0.1) is 12.2 Å². The molecule has 0 saturated carbocycles.